The fraction of sp³-hybridized carbons (Fsp3) is 0.208. The second-order valence-corrected chi connectivity index (χ2v) is 8.25. The van der Waals surface area contributed by atoms with Crippen LogP contribution in [0.4, 0.5) is 0 Å². The van der Waals surface area contributed by atoms with Gasteiger partial charge in [0.25, 0.3) is 0 Å². The summed E-state index contributed by atoms with van der Waals surface area (Å²) in [5, 5.41) is 79.5. The lowest BCUT2D eigenvalue weighted by molar-refractivity contribution is -0.0303. The Kier molecular flexibility index (Phi) is 5.55. The van der Waals surface area contributed by atoms with Crippen molar-refractivity contribution in [2.45, 2.75) is 32.0 Å². The van der Waals surface area contributed by atoms with Crippen LogP contribution in [0.15, 0.2) is 30.3 Å². The zero-order valence-corrected chi connectivity index (χ0v) is 18.4. The highest BCUT2D eigenvalue weighted by atomic mass is 16.6. The molecule has 0 amide bonds. The minimum Gasteiger partial charge on any atom is -0.507 e. The van der Waals surface area contributed by atoms with Crippen molar-refractivity contribution in [1.82, 2.24) is 0 Å². The summed E-state index contributed by atoms with van der Waals surface area (Å²) in [4.78, 5) is 12.9. The van der Waals surface area contributed by atoms with Crippen LogP contribution < -0.4 is 4.74 Å². The van der Waals surface area contributed by atoms with Gasteiger partial charge in [0.05, 0.1) is 5.56 Å². The summed E-state index contributed by atoms with van der Waals surface area (Å²) in [7, 11) is 0. The van der Waals surface area contributed by atoms with Crippen molar-refractivity contribution in [2.75, 3.05) is 0 Å². The first-order valence-corrected chi connectivity index (χ1v) is 10.3. The van der Waals surface area contributed by atoms with E-state index in [1.165, 1.54) is 6.92 Å². The molecule has 4 rings (SSSR count). The van der Waals surface area contributed by atoms with Crippen LogP contribution in [0.3, 0.4) is 0 Å². The van der Waals surface area contributed by atoms with E-state index in [0.717, 1.165) is 30.3 Å². The molecule has 0 aliphatic carbocycles. The van der Waals surface area contributed by atoms with Crippen molar-refractivity contribution in [3.63, 3.8) is 0 Å². The Morgan fingerprint density at radius 2 is 1.29 bits per heavy atom. The van der Waals surface area contributed by atoms with Gasteiger partial charge in [-0.3, -0.25) is 0 Å². The maximum Gasteiger partial charge on any atom is 0.338 e. The molecule has 35 heavy (non-hydrogen) atoms. The summed E-state index contributed by atoms with van der Waals surface area (Å²) in [6, 6.07) is 5.06. The van der Waals surface area contributed by atoms with E-state index >= 15 is 0 Å². The summed E-state index contributed by atoms with van der Waals surface area (Å²) in [6.07, 6.45) is -2.43. The standard InChI is InChI=1S/C24H22O11/c1-8-12(25)7-13(26)18-9(2)22(35-24(33)11-5-16(29)20(32)17(30)6-11)23(34-21(8)18)10-3-14(27)19(31)15(28)4-10/h3-7,9,22-23,25-32H,1-2H3/t9?,22?,23-/m1/s1. The molecule has 11 heteroatoms. The highest BCUT2D eigenvalue weighted by Gasteiger charge is 2.43. The molecule has 1 aliphatic rings. The molecular weight excluding hydrogens is 464 g/mol. The number of benzene rings is 3. The quantitative estimate of drug-likeness (QED) is 0.200. The second-order valence-electron chi connectivity index (χ2n) is 8.25. The molecule has 184 valence electrons. The van der Waals surface area contributed by atoms with Crippen molar-refractivity contribution >= 4 is 5.97 Å². The Labute approximate surface area is 197 Å². The number of hydrogen-bond acceptors (Lipinski definition) is 11. The molecular formula is C24H22O11. The molecule has 2 unspecified atom stereocenters. The highest BCUT2D eigenvalue weighted by Crippen LogP contribution is 2.52. The van der Waals surface area contributed by atoms with E-state index in [1.54, 1.807) is 6.92 Å². The number of carbonyl (C=O) groups excluding carboxylic acids is 1. The first kappa shape index (κ1) is 23.5. The van der Waals surface area contributed by atoms with E-state index in [2.05, 4.69) is 0 Å². The molecule has 11 nitrogen and oxygen atoms in total. The molecule has 0 spiro atoms. The van der Waals surface area contributed by atoms with Gasteiger partial charge in [0.1, 0.15) is 23.4 Å². The van der Waals surface area contributed by atoms with Gasteiger partial charge in [-0.2, -0.15) is 0 Å². The van der Waals surface area contributed by atoms with E-state index in [9.17, 15) is 45.6 Å². The van der Waals surface area contributed by atoms with E-state index in [0.29, 0.717) is 0 Å². The fourth-order valence-electron chi connectivity index (χ4n) is 4.09. The van der Waals surface area contributed by atoms with Gasteiger partial charge in [-0.05, 0) is 31.2 Å². The van der Waals surface area contributed by atoms with Crippen LogP contribution >= 0.6 is 0 Å². The number of esters is 1. The van der Waals surface area contributed by atoms with Crippen molar-refractivity contribution in [3.8, 4) is 51.7 Å². The maximum atomic E-state index is 12.9. The number of aromatic hydroxyl groups is 8. The second kappa shape index (κ2) is 8.28. The van der Waals surface area contributed by atoms with E-state index < -0.39 is 58.6 Å². The van der Waals surface area contributed by atoms with Crippen LogP contribution in [0.2, 0.25) is 0 Å². The smallest absolute Gasteiger partial charge is 0.338 e. The monoisotopic (exact) mass is 486 g/mol. The molecule has 3 aromatic carbocycles. The van der Waals surface area contributed by atoms with Crippen molar-refractivity contribution in [3.05, 3.63) is 52.6 Å². The van der Waals surface area contributed by atoms with E-state index in [1.807, 2.05) is 0 Å². The molecule has 0 radical (unpaired) electrons. The number of phenolic OH excluding ortho intramolecular Hbond substituents is 8. The van der Waals surface area contributed by atoms with Crippen LogP contribution in [0.1, 0.15) is 46.0 Å². The Hall–Kier alpha value is -4.67. The summed E-state index contributed by atoms with van der Waals surface area (Å²) >= 11 is 0. The summed E-state index contributed by atoms with van der Waals surface area (Å²) < 4.78 is 11.6. The van der Waals surface area contributed by atoms with E-state index in [-0.39, 0.29) is 39.5 Å². The largest absolute Gasteiger partial charge is 0.507 e. The summed E-state index contributed by atoms with van der Waals surface area (Å²) in [5.41, 5.74) is 0.279. The predicted molar refractivity (Wildman–Crippen MR) is 118 cm³/mol. The molecule has 0 aromatic heterocycles. The van der Waals surface area contributed by atoms with Crippen LogP contribution in [-0.4, -0.2) is 52.9 Å². The molecule has 0 bridgehead atoms. The fourth-order valence-corrected chi connectivity index (χ4v) is 4.09. The average molecular weight is 486 g/mol. The zero-order valence-electron chi connectivity index (χ0n) is 18.4. The van der Waals surface area contributed by atoms with Gasteiger partial charge in [0.15, 0.2) is 40.6 Å². The lowest BCUT2D eigenvalue weighted by Gasteiger charge is -2.39. The SMILES string of the molecule is Cc1c(O)cc(O)c2c1O[C@H](c1cc(O)c(O)c(O)c1)C(OC(=O)c1cc(O)c(O)c(O)c1)C2C. The van der Waals surface area contributed by atoms with Crippen molar-refractivity contribution < 1.29 is 55.1 Å². The highest BCUT2D eigenvalue weighted by molar-refractivity contribution is 5.91. The molecule has 8 N–H and O–H groups in total. The molecule has 1 heterocycles. The maximum absolute atomic E-state index is 12.9. The Morgan fingerprint density at radius 1 is 0.771 bits per heavy atom. The van der Waals surface area contributed by atoms with Gasteiger partial charge in [-0.15, -0.1) is 0 Å². The topological polar surface area (TPSA) is 197 Å². The van der Waals surface area contributed by atoms with E-state index in [4.69, 9.17) is 9.47 Å². The normalized spacial score (nSPS) is 19.0. The number of phenols is 8. The first-order valence-electron chi connectivity index (χ1n) is 10.3. The van der Waals surface area contributed by atoms with Crippen LogP contribution in [-0.2, 0) is 4.74 Å². The number of ether oxygens (including phenoxy) is 2. The molecule has 1 aliphatic heterocycles. The Balaban J connectivity index is 1.83. The molecule has 3 aromatic rings. The molecule has 3 atom stereocenters. The van der Waals surface area contributed by atoms with Crippen LogP contribution in [0.25, 0.3) is 0 Å². The number of rotatable bonds is 3. The average Bonchev–Trinajstić information content (AvgIpc) is 2.79. The molecule has 0 fully saturated rings. The van der Waals surface area contributed by atoms with Gasteiger partial charge in [0, 0.05) is 28.7 Å². The minimum absolute atomic E-state index is 0.0896. The lowest BCUT2D eigenvalue weighted by atomic mass is 9.84. The number of hydrogen-bond donors (Lipinski definition) is 8. The van der Waals surface area contributed by atoms with Crippen molar-refractivity contribution in [1.29, 1.82) is 0 Å². The van der Waals surface area contributed by atoms with Gasteiger partial charge < -0.3 is 50.3 Å². The van der Waals surface area contributed by atoms with Gasteiger partial charge in [-0.1, -0.05) is 6.92 Å². The first-order chi connectivity index (χ1) is 16.4. The number of fused-ring (bicyclic) bond motifs is 1. The van der Waals surface area contributed by atoms with Gasteiger partial charge in [0.2, 0.25) is 0 Å². The Bertz CT molecular complexity index is 1300. The summed E-state index contributed by atoms with van der Waals surface area (Å²) in [6.45, 7) is 3.14. The van der Waals surface area contributed by atoms with Gasteiger partial charge in [-0.25, -0.2) is 4.79 Å². The molecule has 0 saturated carbocycles. The van der Waals surface area contributed by atoms with Crippen molar-refractivity contribution in [2.24, 2.45) is 0 Å². The van der Waals surface area contributed by atoms with Crippen LogP contribution in [0.5, 0.6) is 51.7 Å². The minimum atomic E-state index is -1.22. The summed E-state index contributed by atoms with van der Waals surface area (Å²) in [5.74, 6) is -6.75. The van der Waals surface area contributed by atoms with Gasteiger partial charge >= 0.3 is 5.97 Å². The third-order valence-electron chi connectivity index (χ3n) is 5.98. The number of carbonyl (C=O) groups is 1. The predicted octanol–water partition coefficient (Wildman–Crippen LogP) is 3.10. The third-order valence-corrected chi connectivity index (χ3v) is 5.98. The zero-order chi connectivity index (χ0) is 25.8. The molecule has 0 saturated heterocycles. The Morgan fingerprint density at radius 3 is 1.83 bits per heavy atom. The third kappa shape index (κ3) is 3.86. The van der Waals surface area contributed by atoms with Crippen LogP contribution in [0, 0.1) is 6.92 Å². The lowest BCUT2D eigenvalue weighted by Crippen LogP contribution is -2.37.